The average molecular weight is 441 g/mol. The van der Waals surface area contributed by atoms with E-state index in [2.05, 4.69) is 21.2 Å². The van der Waals surface area contributed by atoms with Crippen LogP contribution in [-0.2, 0) is 14.8 Å². The summed E-state index contributed by atoms with van der Waals surface area (Å²) in [4.78, 5) is 12.4. The summed E-state index contributed by atoms with van der Waals surface area (Å²) in [5.41, 5.74) is 2.48. The number of amides is 1. The number of carbonyl (C=O) groups excluding carboxylic acids is 1. The van der Waals surface area contributed by atoms with Crippen molar-refractivity contribution in [2.24, 2.45) is 0 Å². The second-order valence-corrected chi connectivity index (χ2v) is 8.86. The molecular weight excluding hydrogens is 420 g/mol. The Hall–Kier alpha value is -1.90. The quantitative estimate of drug-likeness (QED) is 0.746. The van der Waals surface area contributed by atoms with E-state index >= 15 is 0 Å². The van der Waals surface area contributed by atoms with Crippen LogP contribution in [-0.4, -0.2) is 39.3 Å². The molecule has 0 aliphatic heterocycles. The Morgan fingerprint density at radius 1 is 1.15 bits per heavy atom. The van der Waals surface area contributed by atoms with Crippen molar-refractivity contribution in [2.75, 3.05) is 26.0 Å². The molecule has 0 heterocycles. The second kappa shape index (κ2) is 8.20. The normalized spacial score (nSPS) is 11.5. The smallest absolute Gasteiger partial charge is 0.243 e. The number of halogens is 1. The Kier molecular flexibility index (Phi) is 6.44. The summed E-state index contributed by atoms with van der Waals surface area (Å²) in [5.74, 6) is 0.156. The monoisotopic (exact) mass is 440 g/mol. The Morgan fingerprint density at radius 3 is 2.19 bits per heavy atom. The van der Waals surface area contributed by atoms with Crippen molar-refractivity contribution in [3.8, 4) is 5.75 Å². The fraction of sp³-hybridized carbons (Fsp3) is 0.278. The molecule has 0 aromatic heterocycles. The predicted molar refractivity (Wildman–Crippen MR) is 105 cm³/mol. The van der Waals surface area contributed by atoms with E-state index in [1.54, 1.807) is 12.1 Å². The number of carbonyl (C=O) groups is 1. The van der Waals surface area contributed by atoms with E-state index < -0.39 is 15.9 Å². The Balaban J connectivity index is 2.13. The number of aryl methyl sites for hydroxylation is 2. The molecule has 2 rings (SSSR count). The molecule has 0 aliphatic carbocycles. The number of methoxy groups -OCH3 is 1. The van der Waals surface area contributed by atoms with E-state index in [-0.39, 0.29) is 11.4 Å². The van der Waals surface area contributed by atoms with E-state index in [4.69, 9.17) is 4.74 Å². The molecule has 140 valence electrons. The molecule has 1 N–H and O–H groups in total. The van der Waals surface area contributed by atoms with Crippen LogP contribution in [0.15, 0.2) is 45.8 Å². The standard InChI is InChI=1S/C18H21BrN2O4S/c1-12-9-14(19)10-13(2)18(12)20-17(22)11-21(3)26(23,24)16-7-5-15(25-4)6-8-16/h5-10H,11H2,1-4H3,(H,20,22). The lowest BCUT2D eigenvalue weighted by molar-refractivity contribution is -0.116. The molecule has 0 atom stereocenters. The van der Waals surface area contributed by atoms with Crippen LogP contribution in [0.3, 0.4) is 0 Å². The number of likely N-dealkylation sites (N-methyl/N-ethyl adjacent to an activating group) is 1. The van der Waals surface area contributed by atoms with Crippen molar-refractivity contribution >= 4 is 37.5 Å². The lowest BCUT2D eigenvalue weighted by Crippen LogP contribution is -2.35. The number of nitrogens with zero attached hydrogens (tertiary/aromatic N) is 1. The van der Waals surface area contributed by atoms with Gasteiger partial charge in [-0.3, -0.25) is 4.79 Å². The number of hydrogen-bond donors (Lipinski definition) is 1. The minimum atomic E-state index is -3.77. The maximum Gasteiger partial charge on any atom is 0.243 e. The van der Waals surface area contributed by atoms with Crippen molar-refractivity contribution in [2.45, 2.75) is 18.7 Å². The van der Waals surface area contributed by atoms with Gasteiger partial charge in [-0.25, -0.2) is 8.42 Å². The van der Waals surface area contributed by atoms with Crippen molar-refractivity contribution in [3.05, 3.63) is 52.0 Å². The van der Waals surface area contributed by atoms with Crippen LogP contribution in [0, 0.1) is 13.8 Å². The van der Waals surface area contributed by atoms with Crippen LogP contribution in [0.5, 0.6) is 5.75 Å². The zero-order chi connectivity index (χ0) is 19.5. The highest BCUT2D eigenvalue weighted by Crippen LogP contribution is 2.25. The van der Waals surface area contributed by atoms with Gasteiger partial charge in [0.15, 0.2) is 0 Å². The van der Waals surface area contributed by atoms with Gasteiger partial charge in [0.1, 0.15) is 5.75 Å². The first-order valence-electron chi connectivity index (χ1n) is 7.82. The van der Waals surface area contributed by atoms with Crippen molar-refractivity contribution < 1.29 is 17.9 Å². The third-order valence-electron chi connectivity index (χ3n) is 3.90. The lowest BCUT2D eigenvalue weighted by Gasteiger charge is -2.18. The van der Waals surface area contributed by atoms with Gasteiger partial charge in [-0.1, -0.05) is 15.9 Å². The Labute approximate surface area is 162 Å². The van der Waals surface area contributed by atoms with E-state index in [1.165, 1.54) is 26.3 Å². The number of rotatable bonds is 6. The topological polar surface area (TPSA) is 75.7 Å². The zero-order valence-electron chi connectivity index (χ0n) is 15.0. The molecule has 0 aliphatic rings. The van der Waals surface area contributed by atoms with Gasteiger partial charge in [-0.15, -0.1) is 0 Å². The van der Waals surface area contributed by atoms with Crippen molar-refractivity contribution in [1.82, 2.24) is 4.31 Å². The van der Waals surface area contributed by atoms with Crippen LogP contribution >= 0.6 is 15.9 Å². The first-order valence-corrected chi connectivity index (χ1v) is 10.1. The van der Waals surface area contributed by atoms with Crippen molar-refractivity contribution in [1.29, 1.82) is 0 Å². The van der Waals surface area contributed by atoms with Gasteiger partial charge in [0.2, 0.25) is 15.9 Å². The average Bonchev–Trinajstić information content (AvgIpc) is 2.58. The predicted octanol–water partition coefficient (Wildman–Crippen LogP) is 3.33. The van der Waals surface area contributed by atoms with E-state index in [0.29, 0.717) is 11.4 Å². The number of nitrogens with one attached hydrogen (secondary N) is 1. The summed E-state index contributed by atoms with van der Waals surface area (Å²) in [5, 5.41) is 2.79. The molecule has 0 bridgehead atoms. The molecule has 0 radical (unpaired) electrons. The fourth-order valence-corrected chi connectivity index (χ4v) is 4.32. The zero-order valence-corrected chi connectivity index (χ0v) is 17.4. The molecule has 0 unspecified atom stereocenters. The van der Waals surface area contributed by atoms with Gasteiger partial charge in [0.25, 0.3) is 0 Å². The third-order valence-corrected chi connectivity index (χ3v) is 6.17. The summed E-state index contributed by atoms with van der Waals surface area (Å²) in [6.07, 6.45) is 0. The summed E-state index contributed by atoms with van der Waals surface area (Å²) in [6, 6.07) is 9.81. The van der Waals surface area contributed by atoms with Gasteiger partial charge in [0, 0.05) is 17.2 Å². The van der Waals surface area contributed by atoms with Crippen molar-refractivity contribution in [3.63, 3.8) is 0 Å². The number of benzene rings is 2. The largest absolute Gasteiger partial charge is 0.497 e. The first-order chi connectivity index (χ1) is 12.1. The van der Waals surface area contributed by atoms with Crippen LogP contribution in [0.25, 0.3) is 0 Å². The molecule has 6 nitrogen and oxygen atoms in total. The van der Waals surface area contributed by atoms with E-state index in [0.717, 1.165) is 19.9 Å². The van der Waals surface area contributed by atoms with Gasteiger partial charge >= 0.3 is 0 Å². The highest BCUT2D eigenvalue weighted by Gasteiger charge is 2.23. The molecule has 0 saturated carbocycles. The molecular formula is C18H21BrN2O4S. The second-order valence-electron chi connectivity index (χ2n) is 5.90. The molecule has 0 saturated heterocycles. The SMILES string of the molecule is COc1ccc(S(=O)(=O)N(C)CC(=O)Nc2c(C)cc(Br)cc2C)cc1. The highest BCUT2D eigenvalue weighted by atomic mass is 79.9. The third kappa shape index (κ3) is 4.63. The number of sulfonamides is 1. The minimum Gasteiger partial charge on any atom is -0.497 e. The molecule has 2 aromatic carbocycles. The summed E-state index contributed by atoms with van der Waals surface area (Å²) >= 11 is 3.41. The Bertz CT molecular complexity index is 888. The maximum atomic E-state index is 12.6. The minimum absolute atomic E-state index is 0.101. The van der Waals surface area contributed by atoms with Gasteiger partial charge in [-0.2, -0.15) is 4.31 Å². The molecule has 8 heteroatoms. The number of ether oxygens (including phenoxy) is 1. The summed E-state index contributed by atoms with van der Waals surface area (Å²) in [6.45, 7) is 3.47. The van der Waals surface area contributed by atoms with E-state index in [9.17, 15) is 13.2 Å². The number of hydrogen-bond acceptors (Lipinski definition) is 4. The Morgan fingerprint density at radius 2 is 1.69 bits per heavy atom. The van der Waals surface area contributed by atoms with Crippen LogP contribution in [0.4, 0.5) is 5.69 Å². The molecule has 26 heavy (non-hydrogen) atoms. The first kappa shape index (κ1) is 20.4. The fourth-order valence-electron chi connectivity index (χ4n) is 2.50. The van der Waals surface area contributed by atoms with Gasteiger partial charge in [0.05, 0.1) is 18.6 Å². The molecule has 2 aromatic rings. The van der Waals surface area contributed by atoms with Crippen LogP contribution in [0.1, 0.15) is 11.1 Å². The maximum absolute atomic E-state index is 12.6. The van der Waals surface area contributed by atoms with Crippen LogP contribution in [0.2, 0.25) is 0 Å². The summed E-state index contributed by atoms with van der Waals surface area (Å²) < 4.78 is 32.2. The lowest BCUT2D eigenvalue weighted by atomic mass is 10.1. The summed E-state index contributed by atoms with van der Waals surface area (Å²) in [7, 11) is -0.887. The van der Waals surface area contributed by atoms with Gasteiger partial charge < -0.3 is 10.1 Å². The molecule has 1 amide bonds. The molecule has 0 spiro atoms. The van der Waals surface area contributed by atoms with Crippen LogP contribution < -0.4 is 10.1 Å². The highest BCUT2D eigenvalue weighted by molar-refractivity contribution is 9.10. The number of anilines is 1. The van der Waals surface area contributed by atoms with Gasteiger partial charge in [-0.05, 0) is 61.4 Å². The van der Waals surface area contributed by atoms with E-state index in [1.807, 2.05) is 26.0 Å². The molecule has 0 fully saturated rings.